The van der Waals surface area contributed by atoms with Crippen molar-refractivity contribution in [3.8, 4) is 11.5 Å². The van der Waals surface area contributed by atoms with Crippen molar-refractivity contribution in [2.24, 2.45) is 0 Å². The molecular formula is C19H20N2O11. The average Bonchev–Trinajstić information content (AvgIpc) is 2.70. The van der Waals surface area contributed by atoms with E-state index in [1.807, 2.05) is 0 Å². The number of benzene rings is 2. The molecule has 3 aromatic rings. The fourth-order valence-electron chi connectivity index (χ4n) is 1.73. The zero-order valence-corrected chi connectivity index (χ0v) is 16.2. The summed E-state index contributed by atoms with van der Waals surface area (Å²) in [7, 11) is 0. The van der Waals surface area contributed by atoms with Crippen LogP contribution in [0.3, 0.4) is 0 Å². The minimum atomic E-state index is -0.986. The van der Waals surface area contributed by atoms with Gasteiger partial charge in [-0.2, -0.15) is 4.73 Å². The van der Waals surface area contributed by atoms with Crippen LogP contribution in [-0.4, -0.2) is 48.2 Å². The van der Waals surface area contributed by atoms with Crippen molar-refractivity contribution in [1.29, 1.82) is 0 Å². The molecule has 0 bridgehead atoms. The summed E-state index contributed by atoms with van der Waals surface area (Å²) in [4.78, 5) is 29.9. The molecule has 0 aliphatic rings. The first-order valence-electron chi connectivity index (χ1n) is 7.98. The number of nitrogens with zero attached hydrogens (tertiary/aromatic N) is 2. The van der Waals surface area contributed by atoms with Crippen LogP contribution in [0.5, 0.6) is 11.5 Å². The van der Waals surface area contributed by atoms with E-state index in [0.717, 1.165) is 24.5 Å². The summed E-state index contributed by atoms with van der Waals surface area (Å²) < 4.78 is 0.493. The van der Waals surface area contributed by atoms with E-state index in [1.165, 1.54) is 48.5 Å². The van der Waals surface area contributed by atoms with Crippen molar-refractivity contribution >= 4 is 17.6 Å². The molecule has 32 heavy (non-hydrogen) atoms. The van der Waals surface area contributed by atoms with E-state index < -0.39 is 16.9 Å². The van der Waals surface area contributed by atoms with E-state index in [0.29, 0.717) is 4.73 Å². The largest absolute Gasteiger partial charge is 0.619 e. The lowest BCUT2D eigenvalue weighted by atomic mass is 10.2. The predicted molar refractivity (Wildman–Crippen MR) is 109 cm³/mol. The lowest BCUT2D eigenvalue weighted by Gasteiger charge is -1.92. The van der Waals surface area contributed by atoms with E-state index in [2.05, 4.69) is 0 Å². The lowest BCUT2D eigenvalue weighted by Crippen LogP contribution is -2.23. The van der Waals surface area contributed by atoms with Gasteiger partial charge in [0.2, 0.25) is 0 Å². The van der Waals surface area contributed by atoms with Gasteiger partial charge < -0.3 is 36.6 Å². The molecule has 0 saturated heterocycles. The van der Waals surface area contributed by atoms with Crippen LogP contribution in [0, 0.1) is 15.3 Å². The molecule has 1 aromatic heterocycles. The van der Waals surface area contributed by atoms with Crippen molar-refractivity contribution in [1.82, 2.24) is 0 Å². The molecule has 0 saturated carbocycles. The fraction of sp³-hybridized carbons (Fsp3) is 0. The van der Waals surface area contributed by atoms with Gasteiger partial charge in [-0.25, -0.2) is 9.59 Å². The topological polar surface area (TPSA) is 248 Å². The molecule has 3 rings (SSSR count). The number of aromatic nitrogens is 1. The number of rotatable bonds is 3. The van der Waals surface area contributed by atoms with Crippen molar-refractivity contribution in [3.05, 3.63) is 99.5 Å². The predicted octanol–water partition coefficient (Wildman–Crippen LogP) is 0.760. The molecule has 0 fully saturated rings. The molecule has 0 amide bonds. The Morgan fingerprint density at radius 1 is 0.719 bits per heavy atom. The lowest BCUT2D eigenvalue weighted by molar-refractivity contribution is -0.606. The first-order valence-corrected chi connectivity index (χ1v) is 7.98. The normalized spacial score (nSPS) is 8.62. The maximum absolute atomic E-state index is 10.3. The Bertz CT molecular complexity index is 857. The Kier molecular flexibility index (Phi) is 13.1. The maximum atomic E-state index is 10.3. The number of carbonyl (C=O) groups is 2. The van der Waals surface area contributed by atoms with E-state index in [9.17, 15) is 24.9 Å². The number of pyridine rings is 1. The average molecular weight is 452 g/mol. The van der Waals surface area contributed by atoms with Crippen LogP contribution in [0.25, 0.3) is 0 Å². The molecule has 2 aromatic carbocycles. The quantitative estimate of drug-likeness (QED) is 0.189. The number of carboxylic acids is 2. The molecule has 1 heterocycles. The molecule has 0 spiro atoms. The summed E-state index contributed by atoms with van der Waals surface area (Å²) in [5, 5.41) is 54.6. The van der Waals surface area contributed by atoms with Gasteiger partial charge in [0.15, 0.2) is 12.4 Å². The number of hydrogen-bond acceptors (Lipinski definition) is 7. The van der Waals surface area contributed by atoms with E-state index in [-0.39, 0.29) is 39.3 Å². The van der Waals surface area contributed by atoms with Gasteiger partial charge in [-0.05, 0) is 48.5 Å². The summed E-state index contributed by atoms with van der Waals surface area (Å²) in [6, 6.07) is 13.0. The van der Waals surface area contributed by atoms with Gasteiger partial charge >= 0.3 is 11.9 Å². The van der Waals surface area contributed by atoms with Crippen LogP contribution in [0.15, 0.2) is 73.1 Å². The van der Waals surface area contributed by atoms with Crippen LogP contribution in [0.2, 0.25) is 0 Å². The number of nitro groups is 1. The molecule has 13 heteroatoms. The molecule has 0 radical (unpaired) electrons. The molecule has 0 aliphatic carbocycles. The third kappa shape index (κ3) is 10.7. The Morgan fingerprint density at radius 2 is 1.03 bits per heavy atom. The smallest absolute Gasteiger partial charge is 0.335 e. The standard InChI is InChI=1S/2C7H6O3.C5H4N2O3.2H2O/c3*8-6-3-1-5(2-4-6)7(9)10;;/h2*1-4,8H,(H,9,10);1-4H;2*1H2. The summed E-state index contributed by atoms with van der Waals surface area (Å²) >= 11 is 0. The first-order chi connectivity index (χ1) is 14.1. The summed E-state index contributed by atoms with van der Waals surface area (Å²) in [5.74, 6) is -1.82. The number of aromatic carboxylic acids is 2. The zero-order valence-electron chi connectivity index (χ0n) is 16.2. The van der Waals surface area contributed by atoms with Crippen molar-refractivity contribution in [2.45, 2.75) is 0 Å². The van der Waals surface area contributed by atoms with E-state index in [4.69, 9.17) is 20.4 Å². The Morgan fingerprint density at radius 3 is 1.28 bits per heavy atom. The van der Waals surface area contributed by atoms with Crippen LogP contribution >= 0.6 is 0 Å². The highest BCUT2D eigenvalue weighted by atomic mass is 16.6. The van der Waals surface area contributed by atoms with Gasteiger partial charge in [0.05, 0.1) is 28.2 Å². The van der Waals surface area contributed by atoms with Gasteiger partial charge in [-0.3, -0.25) is 10.1 Å². The monoisotopic (exact) mass is 452 g/mol. The van der Waals surface area contributed by atoms with E-state index >= 15 is 0 Å². The van der Waals surface area contributed by atoms with Crippen molar-refractivity contribution in [2.75, 3.05) is 0 Å². The van der Waals surface area contributed by atoms with Crippen LogP contribution < -0.4 is 4.73 Å². The Balaban J connectivity index is 0. The van der Waals surface area contributed by atoms with E-state index in [1.54, 1.807) is 0 Å². The fourth-order valence-corrected chi connectivity index (χ4v) is 1.73. The van der Waals surface area contributed by atoms with Crippen LogP contribution in [-0.2, 0) is 0 Å². The van der Waals surface area contributed by atoms with Gasteiger partial charge in [-0.1, -0.05) is 0 Å². The second-order valence-electron chi connectivity index (χ2n) is 5.38. The van der Waals surface area contributed by atoms with Gasteiger partial charge in [0, 0.05) is 0 Å². The number of aromatic hydroxyl groups is 2. The molecule has 0 atom stereocenters. The SMILES string of the molecule is O.O.O=C(O)c1ccc(O)cc1.O=C(O)c1ccc(O)cc1.O=[N+]([O-])c1cc[n+]([O-])cc1. The highest BCUT2D eigenvalue weighted by molar-refractivity contribution is 5.88. The Labute approximate surface area is 180 Å². The Hall–Kier alpha value is -4.75. The molecule has 8 N–H and O–H groups in total. The highest BCUT2D eigenvalue weighted by Gasteiger charge is 2.04. The molecule has 13 nitrogen and oxygen atoms in total. The summed E-state index contributed by atoms with van der Waals surface area (Å²) in [6.07, 6.45) is 2.16. The number of phenols is 2. The van der Waals surface area contributed by atoms with Crippen molar-refractivity contribution in [3.63, 3.8) is 0 Å². The number of phenolic OH excluding ortho intramolecular Hbond substituents is 2. The minimum absolute atomic E-state index is 0. The van der Waals surface area contributed by atoms with Crippen LogP contribution in [0.1, 0.15) is 20.7 Å². The number of hydrogen-bond donors (Lipinski definition) is 4. The number of carboxylic acid groups (broad SMARTS) is 2. The third-order valence-electron chi connectivity index (χ3n) is 3.22. The second-order valence-corrected chi connectivity index (χ2v) is 5.38. The maximum Gasteiger partial charge on any atom is 0.335 e. The van der Waals surface area contributed by atoms with Crippen molar-refractivity contribution < 1.29 is 50.6 Å². The van der Waals surface area contributed by atoms with Gasteiger partial charge in [-0.15, -0.1) is 0 Å². The zero-order chi connectivity index (χ0) is 22.7. The minimum Gasteiger partial charge on any atom is -0.619 e. The third-order valence-corrected chi connectivity index (χ3v) is 3.22. The van der Waals surface area contributed by atoms with Crippen LogP contribution in [0.4, 0.5) is 5.69 Å². The second kappa shape index (κ2) is 14.3. The summed E-state index contributed by atoms with van der Waals surface area (Å²) in [5.41, 5.74) is 0.280. The highest BCUT2D eigenvalue weighted by Crippen LogP contribution is 2.09. The molecule has 0 unspecified atom stereocenters. The molecule has 172 valence electrons. The van der Waals surface area contributed by atoms with Gasteiger partial charge in [0.1, 0.15) is 11.5 Å². The molecular weight excluding hydrogens is 432 g/mol. The first kappa shape index (κ1) is 29.5. The molecule has 0 aliphatic heterocycles. The summed E-state index contributed by atoms with van der Waals surface area (Å²) in [6.45, 7) is 0. The van der Waals surface area contributed by atoms with Gasteiger partial charge in [0.25, 0.3) is 5.69 Å².